The number of carboxylic acid groups (broad SMARTS) is 1. The van der Waals surface area contributed by atoms with E-state index in [9.17, 15) is 4.79 Å². The van der Waals surface area contributed by atoms with E-state index in [0.29, 0.717) is 22.5 Å². The number of nitrogens with one attached hydrogen (secondary N) is 3. The number of nitrogens with zero attached hydrogens (tertiary/aromatic N) is 3. The Hall–Kier alpha value is -2.97. The average molecular weight is 320 g/mol. The summed E-state index contributed by atoms with van der Waals surface area (Å²) in [7, 11) is 5.44. The van der Waals surface area contributed by atoms with Crippen molar-refractivity contribution in [2.45, 2.75) is 13.2 Å². The van der Waals surface area contributed by atoms with Crippen molar-refractivity contribution in [3.63, 3.8) is 0 Å². The maximum Gasteiger partial charge on any atom is 0.357 e. The van der Waals surface area contributed by atoms with Gasteiger partial charge in [-0.25, -0.2) is 4.79 Å². The molecule has 0 bridgehead atoms. The molecule has 124 valence electrons. The second-order valence-electron chi connectivity index (χ2n) is 5.09. The highest BCUT2D eigenvalue weighted by atomic mass is 16.6. The molecule has 9 heteroatoms. The molecular weight excluding hydrogens is 300 g/mol. The third kappa shape index (κ3) is 3.82. The van der Waals surface area contributed by atoms with Gasteiger partial charge in [0.15, 0.2) is 11.9 Å². The maximum absolute atomic E-state index is 11.1. The topological polar surface area (TPSA) is 115 Å². The lowest BCUT2D eigenvalue weighted by Gasteiger charge is -2.17. The fourth-order valence-electron chi connectivity index (χ4n) is 2.01. The number of aromatic amines is 1. The summed E-state index contributed by atoms with van der Waals surface area (Å²) in [5, 5.41) is 26.1. The van der Waals surface area contributed by atoms with Crippen LogP contribution in [0, 0.1) is 0 Å². The fourth-order valence-corrected chi connectivity index (χ4v) is 2.01. The monoisotopic (exact) mass is 320 g/mol. The molecule has 0 aliphatic heterocycles. The van der Waals surface area contributed by atoms with Gasteiger partial charge in [0.2, 0.25) is 5.96 Å². The Bertz CT molecular complexity index is 724. The quantitative estimate of drug-likeness (QED) is 0.282. The van der Waals surface area contributed by atoms with Crippen molar-refractivity contribution < 1.29 is 14.7 Å². The van der Waals surface area contributed by atoms with Crippen molar-refractivity contribution in [2.24, 2.45) is 5.16 Å². The maximum atomic E-state index is 11.1. The number of carbonyl (C=O) groups is 1. The highest BCUT2D eigenvalue weighted by Crippen LogP contribution is 2.21. The zero-order valence-electron chi connectivity index (χ0n) is 13.4. The minimum absolute atomic E-state index is 0.0136. The molecule has 0 fully saturated rings. The standard InChI is InChI=1S/C14H20N6O3/c1-8(23-19-14(15-2)20(3)4)16-9-5-6-11-10(7-9)12(13(21)22)18-17-11/h5-8,16H,1-4H3,(H,15,19)(H,17,18)(H,21,22). The first-order valence-electron chi connectivity index (χ1n) is 6.99. The lowest BCUT2D eigenvalue weighted by molar-refractivity contribution is 0.0692. The van der Waals surface area contributed by atoms with Gasteiger partial charge in [0.05, 0.1) is 5.52 Å². The Morgan fingerprint density at radius 2 is 2.22 bits per heavy atom. The van der Waals surface area contributed by atoms with Gasteiger partial charge in [-0.3, -0.25) is 5.10 Å². The molecule has 0 amide bonds. The average Bonchev–Trinajstić information content (AvgIpc) is 2.90. The summed E-state index contributed by atoms with van der Waals surface area (Å²) in [6.45, 7) is 1.80. The summed E-state index contributed by atoms with van der Waals surface area (Å²) in [5.41, 5.74) is 1.35. The Morgan fingerprint density at radius 1 is 1.48 bits per heavy atom. The number of guanidine groups is 1. The van der Waals surface area contributed by atoms with Crippen molar-refractivity contribution in [1.82, 2.24) is 20.4 Å². The fraction of sp³-hybridized carbons (Fsp3) is 0.357. The molecule has 23 heavy (non-hydrogen) atoms. The largest absolute Gasteiger partial charge is 0.476 e. The number of anilines is 1. The first kappa shape index (κ1) is 16.4. The van der Waals surface area contributed by atoms with Gasteiger partial charge in [-0.15, -0.1) is 0 Å². The van der Waals surface area contributed by atoms with Gasteiger partial charge in [0, 0.05) is 32.2 Å². The smallest absolute Gasteiger partial charge is 0.357 e. The molecule has 0 radical (unpaired) electrons. The van der Waals surface area contributed by atoms with Crippen LogP contribution >= 0.6 is 0 Å². The minimum atomic E-state index is -1.08. The van der Waals surface area contributed by atoms with Gasteiger partial charge in [0.1, 0.15) is 0 Å². The zero-order chi connectivity index (χ0) is 17.0. The van der Waals surface area contributed by atoms with Crippen molar-refractivity contribution in [2.75, 3.05) is 26.5 Å². The summed E-state index contributed by atoms with van der Waals surface area (Å²) in [6.07, 6.45) is -0.407. The normalized spacial score (nSPS) is 12.8. The number of carboxylic acids is 1. The highest BCUT2D eigenvalue weighted by Gasteiger charge is 2.13. The van der Waals surface area contributed by atoms with Crippen molar-refractivity contribution in [3.8, 4) is 0 Å². The lowest BCUT2D eigenvalue weighted by atomic mass is 10.2. The Morgan fingerprint density at radius 3 is 2.83 bits per heavy atom. The summed E-state index contributed by atoms with van der Waals surface area (Å²) >= 11 is 0. The molecule has 2 aromatic rings. The molecule has 2 rings (SSSR count). The predicted molar refractivity (Wildman–Crippen MR) is 87.4 cm³/mol. The minimum Gasteiger partial charge on any atom is -0.476 e. The molecule has 0 saturated carbocycles. The van der Waals surface area contributed by atoms with Crippen molar-refractivity contribution in [1.29, 1.82) is 0 Å². The number of hydrogen-bond acceptors (Lipinski definition) is 5. The van der Waals surface area contributed by atoms with Crippen LogP contribution in [0.2, 0.25) is 0 Å². The summed E-state index contributed by atoms with van der Waals surface area (Å²) in [6, 6.07) is 5.27. The predicted octanol–water partition coefficient (Wildman–Crippen LogP) is 1.09. The molecule has 0 saturated heterocycles. The molecule has 0 aliphatic rings. The Labute approximate surface area is 133 Å². The van der Waals surface area contributed by atoms with Crippen LogP contribution in [-0.2, 0) is 4.84 Å². The molecule has 1 aromatic heterocycles. The van der Waals surface area contributed by atoms with E-state index in [2.05, 4.69) is 26.0 Å². The number of aromatic carboxylic acids is 1. The van der Waals surface area contributed by atoms with E-state index in [0.717, 1.165) is 0 Å². The van der Waals surface area contributed by atoms with E-state index in [1.807, 2.05) is 14.1 Å². The lowest BCUT2D eigenvalue weighted by Crippen LogP contribution is -2.34. The van der Waals surface area contributed by atoms with Gasteiger partial charge >= 0.3 is 5.97 Å². The van der Waals surface area contributed by atoms with E-state index < -0.39 is 12.2 Å². The molecule has 0 aliphatic carbocycles. The second kappa shape index (κ2) is 6.86. The van der Waals surface area contributed by atoms with Crippen LogP contribution in [0.15, 0.2) is 23.4 Å². The molecule has 0 spiro atoms. The van der Waals surface area contributed by atoms with E-state index in [-0.39, 0.29) is 5.69 Å². The number of fused-ring (bicyclic) bond motifs is 1. The van der Waals surface area contributed by atoms with Crippen LogP contribution in [0.3, 0.4) is 0 Å². The summed E-state index contributed by atoms with van der Waals surface area (Å²) < 4.78 is 0. The number of rotatable bonds is 5. The van der Waals surface area contributed by atoms with E-state index in [1.165, 1.54) is 0 Å². The Kier molecular flexibility index (Phi) is 4.89. The van der Waals surface area contributed by atoms with Crippen LogP contribution < -0.4 is 10.6 Å². The number of benzene rings is 1. The number of hydrogen-bond donors (Lipinski definition) is 4. The van der Waals surface area contributed by atoms with Gasteiger partial charge in [-0.1, -0.05) is 0 Å². The second-order valence-corrected chi connectivity index (χ2v) is 5.09. The molecule has 1 aromatic carbocycles. The number of aromatic nitrogens is 2. The summed E-state index contributed by atoms with van der Waals surface area (Å²) in [4.78, 5) is 18.3. The highest BCUT2D eigenvalue weighted by molar-refractivity contribution is 6.01. The van der Waals surface area contributed by atoms with Gasteiger partial charge in [-0.05, 0) is 30.3 Å². The third-order valence-electron chi connectivity index (χ3n) is 3.08. The van der Waals surface area contributed by atoms with Crippen LogP contribution in [0.1, 0.15) is 17.4 Å². The van der Waals surface area contributed by atoms with Crippen molar-refractivity contribution >= 4 is 28.5 Å². The first-order valence-corrected chi connectivity index (χ1v) is 6.99. The molecular formula is C14H20N6O3. The summed E-state index contributed by atoms with van der Waals surface area (Å²) in [5.74, 6) is -0.496. The number of H-pyrrole nitrogens is 1. The molecule has 1 heterocycles. The van der Waals surface area contributed by atoms with Crippen LogP contribution in [0.5, 0.6) is 0 Å². The Balaban J connectivity index is 2.12. The molecule has 9 nitrogen and oxygen atoms in total. The van der Waals surface area contributed by atoms with Gasteiger partial charge in [0.25, 0.3) is 0 Å². The van der Waals surface area contributed by atoms with Gasteiger partial charge < -0.3 is 25.5 Å². The van der Waals surface area contributed by atoms with E-state index >= 15 is 0 Å². The van der Waals surface area contributed by atoms with Crippen molar-refractivity contribution in [3.05, 3.63) is 23.9 Å². The molecule has 1 unspecified atom stereocenters. The first-order chi connectivity index (χ1) is 10.9. The molecule has 1 atom stereocenters. The number of oxime groups is 1. The van der Waals surface area contributed by atoms with Crippen LogP contribution in [0.25, 0.3) is 10.9 Å². The molecule has 4 N–H and O–H groups in total. The van der Waals surface area contributed by atoms with E-state index in [1.54, 1.807) is 37.1 Å². The van der Waals surface area contributed by atoms with Crippen LogP contribution in [0.4, 0.5) is 5.69 Å². The van der Waals surface area contributed by atoms with Crippen LogP contribution in [-0.4, -0.2) is 59.5 Å². The van der Waals surface area contributed by atoms with Gasteiger partial charge in [-0.2, -0.15) is 5.10 Å². The zero-order valence-corrected chi connectivity index (χ0v) is 13.4. The SMILES string of the molecule is CN/C(=N\OC(C)Nc1ccc2[nH]nc(C(=O)O)c2c1)N(C)C. The third-order valence-corrected chi connectivity index (χ3v) is 3.08. The van der Waals surface area contributed by atoms with E-state index in [4.69, 9.17) is 9.94 Å².